The summed E-state index contributed by atoms with van der Waals surface area (Å²) in [5, 5.41) is 2.94. The zero-order chi connectivity index (χ0) is 10.6. The van der Waals surface area contributed by atoms with Gasteiger partial charge in [0.1, 0.15) is 6.61 Å². The molecule has 0 fully saturated rings. The second-order valence-corrected chi connectivity index (χ2v) is 3.21. The van der Waals surface area contributed by atoms with Gasteiger partial charge in [-0.05, 0) is 18.5 Å². The highest BCUT2D eigenvalue weighted by atomic mass is 35.5. The summed E-state index contributed by atoms with van der Waals surface area (Å²) in [7, 11) is 0. The van der Waals surface area contributed by atoms with Gasteiger partial charge in [0, 0.05) is 11.5 Å². The molecule has 0 aromatic carbocycles. The maximum atomic E-state index is 10.9. The molecule has 0 saturated carbocycles. The van der Waals surface area contributed by atoms with E-state index in [1.54, 1.807) is 6.92 Å². The third-order valence-electron chi connectivity index (χ3n) is 1.12. The molecule has 0 saturated heterocycles. The average Bonchev–Trinajstić information content (AvgIpc) is 2.52. The molecular weight excluding hydrogens is 228 g/mol. The lowest BCUT2D eigenvalue weighted by atomic mass is 10.4. The van der Waals surface area contributed by atoms with E-state index >= 15 is 0 Å². The number of oxime groups is 1. The van der Waals surface area contributed by atoms with Crippen LogP contribution in [0.2, 0.25) is 0 Å². The van der Waals surface area contributed by atoms with Crippen molar-refractivity contribution < 1.29 is 9.63 Å². The number of nitrogens with zero attached hydrogens (tertiary/aromatic N) is 3. The number of nitrogen functional groups attached to an aromatic ring is 1. The average molecular weight is 235 g/mol. The molecule has 0 spiro atoms. The number of carbonyl (C=O) groups excluding carboxylic acids is 1. The van der Waals surface area contributed by atoms with Gasteiger partial charge in [-0.2, -0.15) is 9.36 Å². The number of aromatic nitrogens is 2. The predicted molar refractivity (Wildman–Crippen MR) is 53.3 cm³/mol. The Morgan fingerprint density at radius 1 is 1.79 bits per heavy atom. The van der Waals surface area contributed by atoms with Gasteiger partial charge >= 0.3 is 0 Å². The molecule has 2 N–H and O–H groups in total. The number of nitrogens with two attached hydrogens (primary N) is 1. The molecule has 1 heterocycles. The topological polar surface area (TPSA) is 90.5 Å². The van der Waals surface area contributed by atoms with E-state index in [9.17, 15) is 4.79 Å². The van der Waals surface area contributed by atoms with Gasteiger partial charge in [-0.1, -0.05) is 5.16 Å². The SMILES string of the molecule is CCON=C(C(=O)Cl)c1nsc(N)n1. The maximum Gasteiger partial charge on any atom is 0.278 e. The Labute approximate surface area is 88.9 Å². The molecule has 0 amide bonds. The van der Waals surface area contributed by atoms with Crippen LogP contribution in [0.1, 0.15) is 12.7 Å². The molecule has 76 valence electrons. The molecule has 0 atom stereocenters. The van der Waals surface area contributed by atoms with Crippen LogP contribution in [0.4, 0.5) is 5.13 Å². The highest BCUT2D eigenvalue weighted by Gasteiger charge is 2.17. The number of halogens is 1. The van der Waals surface area contributed by atoms with Crippen LogP contribution in [-0.4, -0.2) is 26.9 Å². The maximum absolute atomic E-state index is 10.9. The summed E-state index contributed by atoms with van der Waals surface area (Å²) in [5.41, 5.74) is 5.20. The van der Waals surface area contributed by atoms with Gasteiger partial charge in [-0.15, -0.1) is 0 Å². The summed E-state index contributed by atoms with van der Waals surface area (Å²) >= 11 is 6.21. The fourth-order valence-corrected chi connectivity index (χ4v) is 1.18. The first-order chi connectivity index (χ1) is 6.65. The zero-order valence-electron chi connectivity index (χ0n) is 7.23. The molecular formula is C6H7ClN4O2S. The molecule has 1 rings (SSSR count). The van der Waals surface area contributed by atoms with Crippen molar-refractivity contribution in [2.24, 2.45) is 5.16 Å². The van der Waals surface area contributed by atoms with E-state index in [2.05, 4.69) is 19.4 Å². The summed E-state index contributed by atoms with van der Waals surface area (Å²) in [6.07, 6.45) is 0. The van der Waals surface area contributed by atoms with E-state index in [0.717, 1.165) is 11.5 Å². The fourth-order valence-electron chi connectivity index (χ4n) is 0.625. The van der Waals surface area contributed by atoms with Crippen LogP contribution in [0.25, 0.3) is 0 Å². The van der Waals surface area contributed by atoms with E-state index in [1.165, 1.54) is 0 Å². The summed E-state index contributed by atoms with van der Waals surface area (Å²) in [4.78, 5) is 19.3. The van der Waals surface area contributed by atoms with E-state index in [0.29, 0.717) is 6.61 Å². The Balaban J connectivity index is 2.94. The Hall–Kier alpha value is -1.21. The fraction of sp³-hybridized carbons (Fsp3) is 0.333. The van der Waals surface area contributed by atoms with Crippen LogP contribution < -0.4 is 5.73 Å². The van der Waals surface area contributed by atoms with Crippen molar-refractivity contribution in [2.45, 2.75) is 6.92 Å². The molecule has 6 nitrogen and oxygen atoms in total. The smallest absolute Gasteiger partial charge is 0.278 e. The molecule has 0 unspecified atom stereocenters. The Morgan fingerprint density at radius 2 is 2.50 bits per heavy atom. The summed E-state index contributed by atoms with van der Waals surface area (Å²) < 4.78 is 3.78. The molecule has 8 heteroatoms. The highest BCUT2D eigenvalue weighted by molar-refractivity contribution is 7.09. The quantitative estimate of drug-likeness (QED) is 0.469. The number of hydrogen-bond donors (Lipinski definition) is 1. The molecule has 0 aliphatic rings. The first-order valence-corrected chi connectivity index (χ1v) is 4.79. The standard InChI is InChI=1S/C6H7ClN4O2S/c1-2-13-10-3(4(7)12)5-9-6(8)14-11-5/h2H2,1H3,(H2,8,9,11). The highest BCUT2D eigenvalue weighted by Crippen LogP contribution is 2.08. The van der Waals surface area contributed by atoms with E-state index in [4.69, 9.17) is 17.3 Å². The van der Waals surface area contributed by atoms with Crippen molar-refractivity contribution in [1.82, 2.24) is 9.36 Å². The van der Waals surface area contributed by atoms with E-state index in [1.807, 2.05) is 0 Å². The van der Waals surface area contributed by atoms with Crippen molar-refractivity contribution in [3.8, 4) is 0 Å². The van der Waals surface area contributed by atoms with Crippen LogP contribution in [0, 0.1) is 0 Å². The van der Waals surface area contributed by atoms with Crippen molar-refractivity contribution in [2.75, 3.05) is 12.3 Å². The Kier molecular flexibility index (Phi) is 3.78. The summed E-state index contributed by atoms with van der Waals surface area (Å²) in [5.74, 6) is 0.0842. The van der Waals surface area contributed by atoms with E-state index < -0.39 is 5.24 Å². The Bertz CT molecular complexity index is 364. The molecule has 1 aromatic heterocycles. The minimum Gasteiger partial charge on any atom is -0.395 e. The van der Waals surface area contributed by atoms with Gasteiger partial charge in [0.05, 0.1) is 0 Å². The molecule has 0 radical (unpaired) electrons. The van der Waals surface area contributed by atoms with Crippen LogP contribution in [0.5, 0.6) is 0 Å². The van der Waals surface area contributed by atoms with Crippen LogP contribution >= 0.6 is 23.1 Å². The third kappa shape index (κ3) is 2.64. The van der Waals surface area contributed by atoms with Crippen LogP contribution in [-0.2, 0) is 9.63 Å². The number of carbonyl (C=O) groups is 1. The minimum atomic E-state index is -0.781. The lowest BCUT2D eigenvalue weighted by molar-refractivity contribution is -0.106. The lowest BCUT2D eigenvalue weighted by Crippen LogP contribution is -2.12. The monoisotopic (exact) mass is 234 g/mol. The molecule has 1 aromatic rings. The summed E-state index contributed by atoms with van der Waals surface area (Å²) in [6, 6.07) is 0. The van der Waals surface area contributed by atoms with Crippen LogP contribution in [0.15, 0.2) is 5.16 Å². The number of hydrogen-bond acceptors (Lipinski definition) is 7. The number of anilines is 1. The summed E-state index contributed by atoms with van der Waals surface area (Å²) in [6.45, 7) is 2.05. The zero-order valence-corrected chi connectivity index (χ0v) is 8.80. The first-order valence-electron chi connectivity index (χ1n) is 3.64. The van der Waals surface area contributed by atoms with Gasteiger partial charge in [0.25, 0.3) is 5.24 Å². The lowest BCUT2D eigenvalue weighted by Gasteiger charge is -1.95. The van der Waals surface area contributed by atoms with Gasteiger partial charge in [0.15, 0.2) is 5.13 Å². The van der Waals surface area contributed by atoms with Gasteiger partial charge in [-0.3, -0.25) is 4.79 Å². The van der Waals surface area contributed by atoms with Crippen molar-refractivity contribution >= 4 is 39.2 Å². The predicted octanol–water partition coefficient (Wildman–Crippen LogP) is 0.626. The Morgan fingerprint density at radius 3 is 2.93 bits per heavy atom. The van der Waals surface area contributed by atoms with Gasteiger partial charge < -0.3 is 10.6 Å². The normalized spacial score (nSPS) is 11.4. The molecule has 0 bridgehead atoms. The van der Waals surface area contributed by atoms with Crippen LogP contribution in [0.3, 0.4) is 0 Å². The first kappa shape index (κ1) is 10.9. The third-order valence-corrected chi connectivity index (χ3v) is 1.85. The molecule has 0 aliphatic heterocycles. The van der Waals surface area contributed by atoms with Crippen molar-refractivity contribution in [3.05, 3.63) is 5.82 Å². The van der Waals surface area contributed by atoms with E-state index in [-0.39, 0.29) is 16.7 Å². The number of rotatable bonds is 4. The minimum absolute atomic E-state index is 0.0842. The largest absolute Gasteiger partial charge is 0.395 e. The molecule has 0 aliphatic carbocycles. The van der Waals surface area contributed by atoms with Gasteiger partial charge in [-0.25, -0.2) is 0 Å². The second kappa shape index (κ2) is 4.87. The second-order valence-electron chi connectivity index (χ2n) is 2.09. The van der Waals surface area contributed by atoms with Gasteiger partial charge in [0.2, 0.25) is 11.5 Å². The molecule has 14 heavy (non-hydrogen) atoms. The van der Waals surface area contributed by atoms with Crippen molar-refractivity contribution in [1.29, 1.82) is 0 Å². The van der Waals surface area contributed by atoms with Crippen molar-refractivity contribution in [3.63, 3.8) is 0 Å².